The van der Waals surface area contributed by atoms with Crippen LogP contribution in [0.15, 0.2) is 34.1 Å². The fourth-order valence-corrected chi connectivity index (χ4v) is 2.87. The van der Waals surface area contributed by atoms with Crippen LogP contribution in [0, 0.1) is 6.92 Å². The number of hydrogen-bond acceptors (Lipinski definition) is 5. The number of halogens is 1. The number of phenols is 1. The summed E-state index contributed by atoms with van der Waals surface area (Å²) in [6, 6.07) is 8.04. The van der Waals surface area contributed by atoms with E-state index in [1.165, 1.54) is 23.5 Å². The van der Waals surface area contributed by atoms with Crippen LogP contribution in [-0.2, 0) is 4.74 Å². The molecule has 0 aliphatic carbocycles. The number of rotatable bonds is 4. The first-order valence-electron chi connectivity index (χ1n) is 5.72. The second-order valence-electron chi connectivity index (χ2n) is 4.12. The van der Waals surface area contributed by atoms with Crippen molar-refractivity contribution in [2.24, 2.45) is 0 Å². The van der Waals surface area contributed by atoms with E-state index in [1.54, 1.807) is 25.1 Å². The zero-order chi connectivity index (χ0) is 14.7. The topological polar surface area (TPSA) is 63.6 Å². The Labute approximate surface area is 128 Å². The van der Waals surface area contributed by atoms with E-state index in [4.69, 9.17) is 4.74 Å². The van der Waals surface area contributed by atoms with E-state index in [-0.39, 0.29) is 23.7 Å². The lowest BCUT2D eigenvalue weighted by Crippen LogP contribution is -2.13. The van der Waals surface area contributed by atoms with Crippen LogP contribution in [0.2, 0.25) is 0 Å². The molecule has 4 nitrogen and oxygen atoms in total. The highest BCUT2D eigenvalue weighted by molar-refractivity contribution is 9.11. The SMILES string of the molecule is Cc1ccc(C(=O)OCC(=O)c2ccc(Br)s2)c(O)c1. The monoisotopic (exact) mass is 354 g/mol. The average Bonchev–Trinajstić information content (AvgIpc) is 2.82. The number of carbonyl (C=O) groups excluding carboxylic acids is 2. The van der Waals surface area contributed by atoms with Crippen LogP contribution in [0.1, 0.15) is 25.6 Å². The molecule has 20 heavy (non-hydrogen) atoms. The Balaban J connectivity index is 2.00. The van der Waals surface area contributed by atoms with Gasteiger partial charge in [-0.3, -0.25) is 4.79 Å². The molecule has 6 heteroatoms. The maximum atomic E-state index is 11.8. The number of hydrogen-bond donors (Lipinski definition) is 1. The fraction of sp³-hybridized carbons (Fsp3) is 0.143. The van der Waals surface area contributed by atoms with Crippen molar-refractivity contribution >= 4 is 39.0 Å². The van der Waals surface area contributed by atoms with Crippen molar-refractivity contribution in [3.8, 4) is 5.75 Å². The first-order valence-corrected chi connectivity index (χ1v) is 7.33. The lowest BCUT2D eigenvalue weighted by molar-refractivity contribution is 0.0473. The highest BCUT2D eigenvalue weighted by atomic mass is 79.9. The minimum absolute atomic E-state index is 0.0516. The number of phenolic OH excluding ortho intramolecular Hbond substituents is 1. The molecular formula is C14H11BrO4S. The van der Waals surface area contributed by atoms with Gasteiger partial charge in [-0.2, -0.15) is 0 Å². The molecule has 0 fully saturated rings. The van der Waals surface area contributed by atoms with Crippen LogP contribution in [-0.4, -0.2) is 23.5 Å². The summed E-state index contributed by atoms with van der Waals surface area (Å²) in [7, 11) is 0. The summed E-state index contributed by atoms with van der Waals surface area (Å²) in [4.78, 5) is 24.1. The highest BCUT2D eigenvalue weighted by Gasteiger charge is 2.16. The molecule has 1 heterocycles. The summed E-state index contributed by atoms with van der Waals surface area (Å²) in [6.45, 7) is 1.45. The Bertz CT molecular complexity index is 663. The summed E-state index contributed by atoms with van der Waals surface area (Å²) in [6.07, 6.45) is 0. The Morgan fingerprint density at radius 1 is 1.30 bits per heavy atom. The van der Waals surface area contributed by atoms with Gasteiger partial charge in [-0.15, -0.1) is 11.3 Å². The van der Waals surface area contributed by atoms with Gasteiger partial charge in [0.15, 0.2) is 6.61 Å². The van der Waals surface area contributed by atoms with Crippen molar-refractivity contribution in [3.05, 3.63) is 50.1 Å². The number of Topliss-reactive ketones (excluding diaryl/α,β-unsaturated/α-hetero) is 1. The molecule has 2 aromatic rings. The largest absolute Gasteiger partial charge is 0.507 e. The molecular weight excluding hydrogens is 344 g/mol. The maximum absolute atomic E-state index is 11.8. The number of carbonyl (C=O) groups is 2. The standard InChI is InChI=1S/C14H11BrO4S/c1-8-2-3-9(10(16)6-8)14(18)19-7-11(17)12-4-5-13(15)20-12/h2-6,16H,7H2,1H3. The number of esters is 1. The Morgan fingerprint density at radius 2 is 2.05 bits per heavy atom. The Hall–Kier alpha value is -1.66. The zero-order valence-electron chi connectivity index (χ0n) is 10.6. The van der Waals surface area contributed by atoms with Gasteiger partial charge in [-0.25, -0.2) is 4.79 Å². The van der Waals surface area contributed by atoms with Crippen LogP contribution in [0.25, 0.3) is 0 Å². The first kappa shape index (κ1) is 14.7. The number of benzene rings is 1. The number of thiophene rings is 1. The molecule has 1 N–H and O–H groups in total. The Kier molecular flexibility index (Phi) is 4.57. The van der Waals surface area contributed by atoms with Crippen LogP contribution < -0.4 is 0 Å². The number of ketones is 1. The molecule has 104 valence electrons. The van der Waals surface area contributed by atoms with Gasteiger partial charge < -0.3 is 9.84 Å². The summed E-state index contributed by atoms with van der Waals surface area (Å²) in [5.74, 6) is -1.14. The van der Waals surface area contributed by atoms with E-state index in [0.717, 1.165) is 9.35 Å². The second kappa shape index (κ2) is 6.19. The molecule has 0 saturated heterocycles. The molecule has 1 aromatic carbocycles. The molecule has 2 rings (SSSR count). The van der Waals surface area contributed by atoms with Gasteiger partial charge in [0.05, 0.1) is 8.66 Å². The van der Waals surface area contributed by atoms with Crippen LogP contribution in [0.4, 0.5) is 0 Å². The molecule has 0 unspecified atom stereocenters. The predicted molar refractivity (Wildman–Crippen MR) is 79.5 cm³/mol. The lowest BCUT2D eigenvalue weighted by Gasteiger charge is -2.05. The molecule has 0 atom stereocenters. The maximum Gasteiger partial charge on any atom is 0.342 e. The molecule has 0 aliphatic heterocycles. The number of ether oxygens (including phenoxy) is 1. The molecule has 0 amide bonds. The fourth-order valence-electron chi connectivity index (χ4n) is 1.56. The van der Waals surface area contributed by atoms with Gasteiger partial charge in [-0.05, 0) is 52.7 Å². The minimum Gasteiger partial charge on any atom is -0.507 e. The summed E-state index contributed by atoms with van der Waals surface area (Å²) < 4.78 is 5.75. The smallest absolute Gasteiger partial charge is 0.342 e. The van der Waals surface area contributed by atoms with Crippen molar-refractivity contribution in [1.29, 1.82) is 0 Å². The van der Waals surface area contributed by atoms with Gasteiger partial charge >= 0.3 is 5.97 Å². The minimum atomic E-state index is -0.716. The Morgan fingerprint density at radius 3 is 2.65 bits per heavy atom. The normalized spacial score (nSPS) is 10.3. The average molecular weight is 355 g/mol. The predicted octanol–water partition coefficient (Wildman–Crippen LogP) is 3.56. The van der Waals surface area contributed by atoms with E-state index >= 15 is 0 Å². The van der Waals surface area contributed by atoms with Crippen molar-refractivity contribution in [3.63, 3.8) is 0 Å². The lowest BCUT2D eigenvalue weighted by atomic mass is 10.1. The van der Waals surface area contributed by atoms with E-state index in [9.17, 15) is 14.7 Å². The van der Waals surface area contributed by atoms with E-state index in [1.807, 2.05) is 0 Å². The van der Waals surface area contributed by atoms with Crippen molar-refractivity contribution in [1.82, 2.24) is 0 Å². The van der Waals surface area contributed by atoms with E-state index < -0.39 is 5.97 Å². The molecule has 0 aliphatic rings. The summed E-state index contributed by atoms with van der Waals surface area (Å²) >= 11 is 4.53. The zero-order valence-corrected chi connectivity index (χ0v) is 13.0. The van der Waals surface area contributed by atoms with E-state index in [0.29, 0.717) is 4.88 Å². The third kappa shape index (κ3) is 3.46. The number of aryl methyl sites for hydroxylation is 1. The van der Waals surface area contributed by atoms with Crippen LogP contribution in [0.3, 0.4) is 0 Å². The molecule has 0 spiro atoms. The van der Waals surface area contributed by atoms with Crippen molar-refractivity contribution in [2.45, 2.75) is 6.92 Å². The third-order valence-electron chi connectivity index (χ3n) is 2.56. The molecule has 1 aromatic heterocycles. The molecule has 0 radical (unpaired) electrons. The summed E-state index contributed by atoms with van der Waals surface area (Å²) in [5.41, 5.74) is 0.884. The summed E-state index contributed by atoms with van der Waals surface area (Å²) in [5, 5.41) is 9.66. The second-order valence-corrected chi connectivity index (χ2v) is 6.59. The quantitative estimate of drug-likeness (QED) is 0.673. The van der Waals surface area contributed by atoms with E-state index in [2.05, 4.69) is 15.9 Å². The van der Waals surface area contributed by atoms with Gasteiger partial charge in [0, 0.05) is 0 Å². The third-order valence-corrected chi connectivity index (χ3v) is 4.22. The molecule has 0 saturated carbocycles. The van der Waals surface area contributed by atoms with Crippen LogP contribution in [0.5, 0.6) is 5.75 Å². The van der Waals surface area contributed by atoms with Gasteiger partial charge in [-0.1, -0.05) is 6.07 Å². The van der Waals surface area contributed by atoms with Crippen molar-refractivity contribution in [2.75, 3.05) is 6.61 Å². The van der Waals surface area contributed by atoms with Gasteiger partial charge in [0.1, 0.15) is 11.3 Å². The van der Waals surface area contributed by atoms with Crippen molar-refractivity contribution < 1.29 is 19.4 Å². The number of aromatic hydroxyl groups is 1. The van der Waals surface area contributed by atoms with Gasteiger partial charge in [0.25, 0.3) is 0 Å². The highest BCUT2D eigenvalue weighted by Crippen LogP contribution is 2.23. The van der Waals surface area contributed by atoms with Gasteiger partial charge in [0.2, 0.25) is 5.78 Å². The first-order chi connectivity index (χ1) is 9.47. The van der Waals surface area contributed by atoms with Crippen LogP contribution >= 0.6 is 27.3 Å². The molecule has 0 bridgehead atoms.